The van der Waals surface area contributed by atoms with Crippen molar-refractivity contribution in [3.8, 4) is 5.75 Å². The van der Waals surface area contributed by atoms with Crippen LogP contribution >= 0.6 is 11.8 Å². The monoisotopic (exact) mass is 409 g/mol. The number of hydrogen-bond acceptors (Lipinski definition) is 6. The van der Waals surface area contributed by atoms with Crippen molar-refractivity contribution in [2.24, 2.45) is 0 Å². The van der Waals surface area contributed by atoms with Crippen LogP contribution in [0.3, 0.4) is 0 Å². The molecule has 0 aliphatic carbocycles. The number of nitrogens with one attached hydrogen (secondary N) is 2. The van der Waals surface area contributed by atoms with E-state index in [2.05, 4.69) is 10.4 Å². The van der Waals surface area contributed by atoms with E-state index in [4.69, 9.17) is 4.74 Å². The SMILES string of the molecule is O=C1NC(=O)C(=Cc2ccc(OCCn3[nH]c(=O)c4ccccc4c3=O)cc2)S1. The van der Waals surface area contributed by atoms with Crippen LogP contribution in [0.15, 0.2) is 63.0 Å². The first-order valence-electron chi connectivity index (χ1n) is 8.71. The van der Waals surface area contributed by atoms with Crippen molar-refractivity contribution in [2.45, 2.75) is 6.54 Å². The molecule has 9 heteroatoms. The zero-order chi connectivity index (χ0) is 20.4. The Bertz CT molecular complexity index is 1260. The molecule has 1 aliphatic heterocycles. The van der Waals surface area contributed by atoms with Crippen LogP contribution < -0.4 is 21.2 Å². The van der Waals surface area contributed by atoms with E-state index in [-0.39, 0.29) is 29.5 Å². The number of H-pyrrole nitrogens is 1. The summed E-state index contributed by atoms with van der Waals surface area (Å²) in [6, 6.07) is 13.6. The van der Waals surface area contributed by atoms with E-state index in [0.29, 0.717) is 21.4 Å². The Kier molecular flexibility index (Phi) is 5.05. The molecule has 0 saturated carbocycles. The van der Waals surface area contributed by atoms with Crippen LogP contribution in [0.5, 0.6) is 5.75 Å². The lowest BCUT2D eigenvalue weighted by molar-refractivity contribution is -0.115. The highest BCUT2D eigenvalue weighted by atomic mass is 32.2. The van der Waals surface area contributed by atoms with Crippen molar-refractivity contribution in [2.75, 3.05) is 6.61 Å². The number of amides is 2. The number of thioether (sulfide) groups is 1. The van der Waals surface area contributed by atoms with Crippen LogP contribution in [0.1, 0.15) is 5.56 Å². The minimum absolute atomic E-state index is 0.182. The van der Waals surface area contributed by atoms with Crippen molar-refractivity contribution in [1.29, 1.82) is 0 Å². The van der Waals surface area contributed by atoms with E-state index in [1.165, 1.54) is 4.68 Å². The van der Waals surface area contributed by atoms with E-state index in [1.54, 1.807) is 54.6 Å². The maximum Gasteiger partial charge on any atom is 0.290 e. The predicted octanol–water partition coefficient (Wildman–Crippen LogP) is 2.09. The average Bonchev–Trinajstić information content (AvgIpc) is 3.04. The summed E-state index contributed by atoms with van der Waals surface area (Å²) in [4.78, 5) is 47.6. The zero-order valence-electron chi connectivity index (χ0n) is 15.0. The van der Waals surface area contributed by atoms with E-state index >= 15 is 0 Å². The van der Waals surface area contributed by atoms with E-state index < -0.39 is 5.91 Å². The molecule has 1 saturated heterocycles. The molecule has 146 valence electrons. The largest absolute Gasteiger partial charge is 0.492 e. The molecule has 0 unspecified atom stereocenters. The van der Waals surface area contributed by atoms with Gasteiger partial charge in [-0.15, -0.1) is 0 Å². The predicted molar refractivity (Wildman–Crippen MR) is 110 cm³/mol. The Balaban J connectivity index is 1.42. The second-order valence-electron chi connectivity index (χ2n) is 6.21. The number of benzene rings is 2. The molecule has 0 radical (unpaired) electrons. The van der Waals surface area contributed by atoms with Crippen molar-refractivity contribution < 1.29 is 14.3 Å². The lowest BCUT2D eigenvalue weighted by Crippen LogP contribution is -2.31. The van der Waals surface area contributed by atoms with Gasteiger partial charge in [0.15, 0.2) is 0 Å². The summed E-state index contributed by atoms with van der Waals surface area (Å²) in [5, 5.41) is 5.09. The van der Waals surface area contributed by atoms with Crippen molar-refractivity contribution in [3.63, 3.8) is 0 Å². The third-order valence-electron chi connectivity index (χ3n) is 4.29. The normalized spacial score (nSPS) is 15.1. The fourth-order valence-corrected chi connectivity index (χ4v) is 3.57. The molecule has 2 heterocycles. The molecule has 0 bridgehead atoms. The molecular weight excluding hydrogens is 394 g/mol. The first-order chi connectivity index (χ1) is 14.0. The van der Waals surface area contributed by atoms with Gasteiger partial charge >= 0.3 is 0 Å². The minimum Gasteiger partial charge on any atom is -0.492 e. The fourth-order valence-electron chi connectivity index (χ4n) is 2.89. The summed E-state index contributed by atoms with van der Waals surface area (Å²) in [5.74, 6) is 0.165. The Labute approximate surface area is 168 Å². The van der Waals surface area contributed by atoms with Gasteiger partial charge in [-0.05, 0) is 47.7 Å². The number of fused-ring (bicyclic) bond motifs is 1. The topological polar surface area (TPSA) is 110 Å². The molecule has 8 nitrogen and oxygen atoms in total. The first kappa shape index (κ1) is 18.8. The van der Waals surface area contributed by atoms with Crippen LogP contribution in [0.25, 0.3) is 16.8 Å². The summed E-state index contributed by atoms with van der Waals surface area (Å²) in [5.41, 5.74) is 0.136. The average molecular weight is 409 g/mol. The van der Waals surface area contributed by atoms with Gasteiger partial charge in [0.1, 0.15) is 12.4 Å². The third-order valence-corrected chi connectivity index (χ3v) is 5.10. The van der Waals surface area contributed by atoms with Gasteiger partial charge in [0, 0.05) is 0 Å². The van der Waals surface area contributed by atoms with Crippen LogP contribution in [0.4, 0.5) is 4.79 Å². The Morgan fingerprint density at radius 1 is 0.966 bits per heavy atom. The van der Waals surface area contributed by atoms with Crippen molar-refractivity contribution >= 4 is 39.8 Å². The second kappa shape index (κ2) is 7.80. The van der Waals surface area contributed by atoms with Gasteiger partial charge < -0.3 is 4.74 Å². The molecule has 2 aromatic carbocycles. The number of carbonyl (C=O) groups is 2. The highest BCUT2D eigenvalue weighted by Gasteiger charge is 2.24. The molecule has 2 amide bonds. The highest BCUT2D eigenvalue weighted by Crippen LogP contribution is 2.26. The van der Waals surface area contributed by atoms with Crippen LogP contribution in [0, 0.1) is 0 Å². The van der Waals surface area contributed by atoms with Gasteiger partial charge in [-0.2, -0.15) is 0 Å². The molecule has 29 heavy (non-hydrogen) atoms. The van der Waals surface area contributed by atoms with Gasteiger partial charge in [-0.3, -0.25) is 29.6 Å². The molecular formula is C20H15N3O5S. The summed E-state index contributed by atoms with van der Waals surface area (Å²) < 4.78 is 6.87. The van der Waals surface area contributed by atoms with Crippen molar-refractivity contribution in [3.05, 3.63) is 79.7 Å². The number of imide groups is 1. The number of aromatic amines is 1. The Morgan fingerprint density at radius 2 is 1.69 bits per heavy atom. The van der Waals surface area contributed by atoms with Crippen LogP contribution in [-0.2, 0) is 11.3 Å². The molecule has 0 spiro atoms. The van der Waals surface area contributed by atoms with E-state index in [1.807, 2.05) is 0 Å². The van der Waals surface area contributed by atoms with Gasteiger partial charge in [0.25, 0.3) is 22.3 Å². The fraction of sp³-hybridized carbons (Fsp3) is 0.100. The third kappa shape index (κ3) is 3.99. The van der Waals surface area contributed by atoms with Crippen LogP contribution in [-0.4, -0.2) is 27.5 Å². The summed E-state index contributed by atoms with van der Waals surface area (Å²) in [7, 11) is 0. The minimum atomic E-state index is -0.407. The van der Waals surface area contributed by atoms with E-state index in [9.17, 15) is 19.2 Å². The van der Waals surface area contributed by atoms with Gasteiger partial charge in [0.05, 0.1) is 22.2 Å². The molecule has 2 N–H and O–H groups in total. The lowest BCUT2D eigenvalue weighted by atomic mass is 10.2. The maximum absolute atomic E-state index is 12.5. The number of ether oxygens (including phenoxy) is 1. The van der Waals surface area contributed by atoms with E-state index in [0.717, 1.165) is 17.3 Å². The highest BCUT2D eigenvalue weighted by molar-refractivity contribution is 8.18. The number of nitrogens with zero attached hydrogens (tertiary/aromatic N) is 1. The number of aromatic nitrogens is 2. The number of carbonyl (C=O) groups excluding carboxylic acids is 2. The molecule has 3 aromatic rings. The van der Waals surface area contributed by atoms with Gasteiger partial charge in [-0.1, -0.05) is 24.3 Å². The Morgan fingerprint density at radius 3 is 2.38 bits per heavy atom. The second-order valence-corrected chi connectivity index (χ2v) is 7.23. The number of hydrogen-bond donors (Lipinski definition) is 2. The number of rotatable bonds is 5. The standard InChI is InChI=1S/C20H15N3O5S/c24-17-14-3-1-2-4-15(14)19(26)23(22-17)9-10-28-13-7-5-12(6-8-13)11-16-18(25)21-20(27)29-16/h1-8,11H,9-10H2,(H,22,24)(H,21,25,27). The quantitative estimate of drug-likeness (QED) is 0.625. The summed E-state index contributed by atoms with van der Waals surface area (Å²) in [6.45, 7) is 0.366. The Hall–Kier alpha value is -3.59. The smallest absolute Gasteiger partial charge is 0.290 e. The van der Waals surface area contributed by atoms with Crippen molar-refractivity contribution in [1.82, 2.24) is 15.1 Å². The lowest BCUT2D eigenvalue weighted by Gasteiger charge is -2.09. The summed E-state index contributed by atoms with van der Waals surface area (Å²) in [6.07, 6.45) is 1.62. The van der Waals surface area contributed by atoms with Gasteiger partial charge in [0.2, 0.25) is 0 Å². The van der Waals surface area contributed by atoms with Crippen LogP contribution in [0.2, 0.25) is 0 Å². The molecule has 1 aliphatic rings. The molecule has 4 rings (SSSR count). The zero-order valence-corrected chi connectivity index (χ0v) is 15.8. The first-order valence-corrected chi connectivity index (χ1v) is 9.52. The van der Waals surface area contributed by atoms with Gasteiger partial charge in [-0.25, -0.2) is 4.68 Å². The summed E-state index contributed by atoms with van der Waals surface area (Å²) >= 11 is 0.856. The maximum atomic E-state index is 12.5. The molecule has 1 aromatic heterocycles. The molecule has 0 atom stereocenters. The molecule has 1 fully saturated rings.